The standard InChI is InChI=1S/C23H28Cl2N2O3/c1-15(2)13-26-23(29)16(3)27(14-17-5-8-19(30-4)9-6-17)22(28)12-18-7-10-20(24)21(25)11-18/h5-11,15-16H,12-14H2,1-4H3,(H,26,29). The van der Waals surface area contributed by atoms with Gasteiger partial charge in [-0.1, -0.05) is 55.2 Å². The number of ether oxygens (including phenoxy) is 1. The Labute approximate surface area is 188 Å². The highest BCUT2D eigenvalue weighted by atomic mass is 35.5. The van der Waals surface area contributed by atoms with Gasteiger partial charge in [-0.25, -0.2) is 0 Å². The number of carbonyl (C=O) groups is 2. The third-order valence-electron chi connectivity index (χ3n) is 4.70. The number of carbonyl (C=O) groups excluding carboxylic acids is 2. The molecule has 1 N–H and O–H groups in total. The molecule has 0 spiro atoms. The van der Waals surface area contributed by atoms with Crippen molar-refractivity contribution in [2.24, 2.45) is 5.92 Å². The van der Waals surface area contributed by atoms with Gasteiger partial charge in [0.05, 0.1) is 23.6 Å². The normalized spacial score (nSPS) is 11.8. The van der Waals surface area contributed by atoms with Crippen molar-refractivity contribution < 1.29 is 14.3 Å². The molecule has 0 aromatic heterocycles. The van der Waals surface area contributed by atoms with Crippen LogP contribution in [0.5, 0.6) is 5.75 Å². The lowest BCUT2D eigenvalue weighted by atomic mass is 10.1. The van der Waals surface area contributed by atoms with Crippen molar-refractivity contribution in [2.45, 2.75) is 39.8 Å². The van der Waals surface area contributed by atoms with Gasteiger partial charge in [-0.15, -0.1) is 0 Å². The summed E-state index contributed by atoms with van der Waals surface area (Å²) in [6.45, 7) is 6.65. The molecule has 2 amide bonds. The lowest BCUT2D eigenvalue weighted by Crippen LogP contribution is -2.48. The number of nitrogens with zero attached hydrogens (tertiary/aromatic N) is 1. The first-order chi connectivity index (χ1) is 14.2. The minimum absolute atomic E-state index is 0.120. The zero-order valence-corrected chi connectivity index (χ0v) is 19.3. The third kappa shape index (κ3) is 6.92. The average molecular weight is 451 g/mol. The van der Waals surface area contributed by atoms with Crippen LogP contribution in [-0.2, 0) is 22.6 Å². The van der Waals surface area contributed by atoms with Crippen molar-refractivity contribution in [1.29, 1.82) is 0 Å². The van der Waals surface area contributed by atoms with Crippen LogP contribution in [0.25, 0.3) is 0 Å². The Balaban J connectivity index is 2.22. The summed E-state index contributed by atoms with van der Waals surface area (Å²) in [6.07, 6.45) is 0.120. The molecule has 0 saturated carbocycles. The molecule has 0 heterocycles. The van der Waals surface area contributed by atoms with Crippen LogP contribution < -0.4 is 10.1 Å². The summed E-state index contributed by atoms with van der Waals surface area (Å²) < 4.78 is 5.19. The van der Waals surface area contributed by atoms with E-state index < -0.39 is 6.04 Å². The van der Waals surface area contributed by atoms with Gasteiger partial charge < -0.3 is 15.0 Å². The lowest BCUT2D eigenvalue weighted by molar-refractivity contribution is -0.140. The number of nitrogens with one attached hydrogen (secondary N) is 1. The summed E-state index contributed by atoms with van der Waals surface area (Å²) in [5.41, 5.74) is 1.64. The molecule has 0 fully saturated rings. The van der Waals surface area contributed by atoms with E-state index in [0.717, 1.165) is 16.9 Å². The molecule has 162 valence electrons. The molecule has 7 heteroatoms. The Morgan fingerprint density at radius 2 is 1.63 bits per heavy atom. The topological polar surface area (TPSA) is 58.6 Å². The van der Waals surface area contributed by atoms with E-state index in [4.69, 9.17) is 27.9 Å². The van der Waals surface area contributed by atoms with Crippen LogP contribution in [0, 0.1) is 5.92 Å². The maximum Gasteiger partial charge on any atom is 0.242 e. The van der Waals surface area contributed by atoms with Gasteiger partial charge in [0, 0.05) is 13.1 Å². The van der Waals surface area contributed by atoms with Crippen LogP contribution in [0.3, 0.4) is 0 Å². The second-order valence-electron chi connectivity index (χ2n) is 7.61. The van der Waals surface area contributed by atoms with Gasteiger partial charge in [0.1, 0.15) is 11.8 Å². The van der Waals surface area contributed by atoms with Crippen LogP contribution in [0.4, 0.5) is 0 Å². The maximum absolute atomic E-state index is 13.2. The van der Waals surface area contributed by atoms with Crippen molar-refractivity contribution in [3.8, 4) is 5.75 Å². The van der Waals surface area contributed by atoms with Gasteiger partial charge in [-0.2, -0.15) is 0 Å². The number of amides is 2. The summed E-state index contributed by atoms with van der Waals surface area (Å²) in [5, 5.41) is 3.74. The summed E-state index contributed by atoms with van der Waals surface area (Å²) in [6, 6.07) is 11.9. The number of methoxy groups -OCH3 is 1. The number of hydrogen-bond donors (Lipinski definition) is 1. The first-order valence-corrected chi connectivity index (χ1v) is 10.6. The monoisotopic (exact) mass is 450 g/mol. The highest BCUT2D eigenvalue weighted by Crippen LogP contribution is 2.23. The summed E-state index contributed by atoms with van der Waals surface area (Å²) >= 11 is 12.1. The van der Waals surface area contributed by atoms with E-state index >= 15 is 0 Å². The zero-order chi connectivity index (χ0) is 22.3. The van der Waals surface area contributed by atoms with Gasteiger partial charge in [-0.3, -0.25) is 9.59 Å². The van der Waals surface area contributed by atoms with Gasteiger partial charge in [-0.05, 0) is 48.2 Å². The molecule has 0 radical (unpaired) electrons. The Morgan fingerprint density at radius 3 is 2.20 bits per heavy atom. The van der Waals surface area contributed by atoms with E-state index in [-0.39, 0.29) is 18.2 Å². The summed E-state index contributed by atoms with van der Waals surface area (Å²) in [7, 11) is 1.60. The fourth-order valence-corrected chi connectivity index (χ4v) is 3.21. The number of rotatable bonds is 9. The average Bonchev–Trinajstić information content (AvgIpc) is 2.72. The Kier molecular flexibility index (Phi) is 9.00. The molecular weight excluding hydrogens is 423 g/mol. The Morgan fingerprint density at radius 1 is 1.00 bits per heavy atom. The second-order valence-corrected chi connectivity index (χ2v) is 8.42. The molecular formula is C23H28Cl2N2O3. The van der Waals surface area contributed by atoms with Gasteiger partial charge in [0.15, 0.2) is 0 Å². The van der Waals surface area contributed by atoms with Crippen LogP contribution in [0.15, 0.2) is 42.5 Å². The van der Waals surface area contributed by atoms with Crippen molar-refractivity contribution >= 4 is 35.0 Å². The van der Waals surface area contributed by atoms with E-state index in [9.17, 15) is 9.59 Å². The minimum Gasteiger partial charge on any atom is -0.497 e. The first-order valence-electron chi connectivity index (χ1n) is 9.85. The van der Waals surface area contributed by atoms with Crippen molar-refractivity contribution in [2.75, 3.05) is 13.7 Å². The third-order valence-corrected chi connectivity index (χ3v) is 5.44. The quantitative estimate of drug-likeness (QED) is 0.600. The summed E-state index contributed by atoms with van der Waals surface area (Å²) in [4.78, 5) is 27.4. The van der Waals surface area contributed by atoms with Crippen LogP contribution >= 0.6 is 23.2 Å². The van der Waals surface area contributed by atoms with Crippen molar-refractivity contribution in [3.63, 3.8) is 0 Å². The molecule has 2 aromatic rings. The molecule has 0 saturated heterocycles. The molecule has 1 unspecified atom stereocenters. The van der Waals surface area contributed by atoms with E-state index in [1.165, 1.54) is 0 Å². The van der Waals surface area contributed by atoms with Crippen molar-refractivity contribution in [1.82, 2.24) is 10.2 Å². The maximum atomic E-state index is 13.2. The predicted molar refractivity (Wildman–Crippen MR) is 121 cm³/mol. The van der Waals surface area contributed by atoms with Crippen LogP contribution in [-0.4, -0.2) is 36.4 Å². The highest BCUT2D eigenvalue weighted by Gasteiger charge is 2.26. The largest absolute Gasteiger partial charge is 0.497 e. The number of hydrogen-bond acceptors (Lipinski definition) is 3. The molecule has 30 heavy (non-hydrogen) atoms. The molecule has 1 atom stereocenters. The molecule has 5 nitrogen and oxygen atoms in total. The van der Waals surface area contributed by atoms with E-state index in [2.05, 4.69) is 5.32 Å². The first kappa shape index (κ1) is 24.0. The molecule has 2 rings (SSSR count). The summed E-state index contributed by atoms with van der Waals surface area (Å²) in [5.74, 6) is 0.703. The zero-order valence-electron chi connectivity index (χ0n) is 17.7. The lowest BCUT2D eigenvalue weighted by Gasteiger charge is -2.29. The molecule has 0 aliphatic heterocycles. The number of halogens is 2. The Hall–Kier alpha value is -2.24. The molecule has 0 aliphatic rings. The van der Waals surface area contributed by atoms with Gasteiger partial charge in [0.2, 0.25) is 11.8 Å². The van der Waals surface area contributed by atoms with E-state index in [1.807, 2.05) is 38.1 Å². The predicted octanol–water partition coefficient (Wildman–Crippen LogP) is 4.73. The Bertz CT molecular complexity index is 869. The van der Waals surface area contributed by atoms with Crippen molar-refractivity contribution in [3.05, 3.63) is 63.6 Å². The second kappa shape index (κ2) is 11.2. The fourth-order valence-electron chi connectivity index (χ4n) is 2.89. The fraction of sp³-hybridized carbons (Fsp3) is 0.391. The molecule has 0 bridgehead atoms. The minimum atomic E-state index is -0.624. The van der Waals surface area contributed by atoms with E-state index in [0.29, 0.717) is 29.1 Å². The van der Waals surface area contributed by atoms with Crippen LogP contribution in [0.2, 0.25) is 10.0 Å². The number of benzene rings is 2. The SMILES string of the molecule is COc1ccc(CN(C(=O)Cc2ccc(Cl)c(Cl)c2)C(C)C(=O)NCC(C)C)cc1. The smallest absolute Gasteiger partial charge is 0.242 e. The van der Waals surface area contributed by atoms with Crippen LogP contribution in [0.1, 0.15) is 31.9 Å². The molecule has 2 aromatic carbocycles. The van der Waals surface area contributed by atoms with E-state index in [1.54, 1.807) is 37.1 Å². The van der Waals surface area contributed by atoms with Gasteiger partial charge >= 0.3 is 0 Å². The molecule has 0 aliphatic carbocycles. The van der Waals surface area contributed by atoms with Gasteiger partial charge in [0.25, 0.3) is 0 Å². The highest BCUT2D eigenvalue weighted by molar-refractivity contribution is 6.42.